The molecule has 3 rings (SSSR count). The van der Waals surface area contributed by atoms with Gasteiger partial charge in [-0.15, -0.1) is 0 Å². The number of nitrogens with two attached hydrogens (primary N) is 1. The summed E-state index contributed by atoms with van der Waals surface area (Å²) in [5.74, 6) is -0.256. The number of carbonyl (C=O) groups excluding carboxylic acids is 1. The largest absolute Gasteiger partial charge is 0.325 e. The van der Waals surface area contributed by atoms with E-state index < -0.39 is 16.1 Å². The second-order valence-electron chi connectivity index (χ2n) is 6.84. The Balaban J connectivity index is 1.75. The number of carbonyl (C=O) groups is 1. The summed E-state index contributed by atoms with van der Waals surface area (Å²) >= 11 is 6.02. The highest BCUT2D eigenvalue weighted by Crippen LogP contribution is 2.24. The summed E-state index contributed by atoms with van der Waals surface area (Å²) in [6.07, 6.45) is 0. The molecule has 2 atom stereocenters. The van der Waals surface area contributed by atoms with Gasteiger partial charge in [-0.2, -0.15) is 0 Å². The SMILES string of the molecule is C[C@H](N[C@H](c1ccccc1)c1ccc(Cl)cc1)C(=O)Nc1ccc(S(N)(=O)=O)cc1. The minimum absolute atomic E-state index is 0.0152. The molecule has 3 aromatic rings. The van der Waals surface area contributed by atoms with Crippen molar-refractivity contribution in [1.29, 1.82) is 0 Å². The van der Waals surface area contributed by atoms with Crippen molar-refractivity contribution in [2.24, 2.45) is 5.14 Å². The molecule has 0 aliphatic heterocycles. The first-order chi connectivity index (χ1) is 14.2. The zero-order valence-electron chi connectivity index (χ0n) is 16.2. The molecular formula is C22H22ClN3O3S. The topological polar surface area (TPSA) is 101 Å². The Morgan fingerprint density at radius 3 is 2.03 bits per heavy atom. The third-order valence-electron chi connectivity index (χ3n) is 4.60. The molecule has 0 heterocycles. The number of anilines is 1. The molecule has 0 aliphatic rings. The van der Waals surface area contributed by atoms with Crippen molar-refractivity contribution in [3.63, 3.8) is 0 Å². The lowest BCUT2D eigenvalue weighted by Crippen LogP contribution is -2.40. The monoisotopic (exact) mass is 443 g/mol. The molecule has 4 N–H and O–H groups in total. The number of halogens is 1. The average molecular weight is 444 g/mol. The van der Waals surface area contributed by atoms with Crippen LogP contribution in [0.1, 0.15) is 24.1 Å². The summed E-state index contributed by atoms with van der Waals surface area (Å²) in [6.45, 7) is 1.76. The highest BCUT2D eigenvalue weighted by Gasteiger charge is 2.21. The zero-order valence-corrected chi connectivity index (χ0v) is 17.8. The first-order valence-corrected chi connectivity index (χ1v) is 11.2. The predicted molar refractivity (Wildman–Crippen MR) is 119 cm³/mol. The minimum atomic E-state index is -3.78. The molecule has 0 saturated heterocycles. The van der Waals surface area contributed by atoms with Gasteiger partial charge in [0, 0.05) is 10.7 Å². The number of hydrogen-bond donors (Lipinski definition) is 3. The lowest BCUT2D eigenvalue weighted by Gasteiger charge is -2.24. The van der Waals surface area contributed by atoms with Gasteiger partial charge in [0.1, 0.15) is 0 Å². The molecule has 8 heteroatoms. The molecule has 0 spiro atoms. The standard InChI is InChI=1S/C22H22ClN3O3S/c1-15(22(27)26-19-11-13-20(14-12-19)30(24,28)29)25-21(16-5-3-2-4-6-16)17-7-9-18(23)10-8-17/h2-15,21,25H,1H3,(H,26,27)(H2,24,28,29)/t15-,21+/m0/s1. The molecule has 0 saturated carbocycles. The molecular weight excluding hydrogens is 422 g/mol. The summed E-state index contributed by atoms with van der Waals surface area (Å²) in [6, 6.07) is 22.2. The first kappa shape index (κ1) is 22.0. The van der Waals surface area contributed by atoms with Crippen LogP contribution >= 0.6 is 11.6 Å². The maximum absolute atomic E-state index is 12.7. The summed E-state index contributed by atoms with van der Waals surface area (Å²) in [5, 5.41) is 11.9. The molecule has 0 bridgehead atoms. The Morgan fingerprint density at radius 2 is 1.47 bits per heavy atom. The molecule has 156 valence electrons. The lowest BCUT2D eigenvalue weighted by molar-refractivity contribution is -0.117. The van der Waals surface area contributed by atoms with E-state index in [0.29, 0.717) is 10.7 Å². The summed E-state index contributed by atoms with van der Waals surface area (Å²) in [4.78, 5) is 12.7. The van der Waals surface area contributed by atoms with E-state index in [9.17, 15) is 13.2 Å². The van der Waals surface area contributed by atoms with E-state index in [2.05, 4.69) is 10.6 Å². The number of rotatable bonds is 7. The highest BCUT2D eigenvalue weighted by molar-refractivity contribution is 7.89. The van der Waals surface area contributed by atoms with Crippen molar-refractivity contribution in [2.75, 3.05) is 5.32 Å². The van der Waals surface area contributed by atoms with Crippen LogP contribution in [0.2, 0.25) is 5.02 Å². The van der Waals surface area contributed by atoms with Crippen LogP contribution in [-0.2, 0) is 14.8 Å². The number of amides is 1. The van der Waals surface area contributed by atoms with Gasteiger partial charge in [-0.05, 0) is 54.4 Å². The zero-order chi connectivity index (χ0) is 21.7. The van der Waals surface area contributed by atoms with Crippen LogP contribution in [-0.4, -0.2) is 20.4 Å². The van der Waals surface area contributed by atoms with Crippen LogP contribution in [0.15, 0.2) is 83.8 Å². The van der Waals surface area contributed by atoms with Crippen LogP contribution in [0.3, 0.4) is 0 Å². The van der Waals surface area contributed by atoms with Crippen molar-refractivity contribution in [3.8, 4) is 0 Å². The van der Waals surface area contributed by atoms with E-state index in [-0.39, 0.29) is 16.8 Å². The van der Waals surface area contributed by atoms with Crippen molar-refractivity contribution < 1.29 is 13.2 Å². The van der Waals surface area contributed by atoms with Gasteiger partial charge < -0.3 is 5.32 Å². The van der Waals surface area contributed by atoms with Gasteiger partial charge in [0.25, 0.3) is 0 Å². The van der Waals surface area contributed by atoms with Gasteiger partial charge in [0.2, 0.25) is 15.9 Å². The lowest BCUT2D eigenvalue weighted by atomic mass is 9.98. The summed E-state index contributed by atoms with van der Waals surface area (Å²) in [7, 11) is -3.78. The molecule has 0 aromatic heterocycles. The second kappa shape index (κ2) is 9.40. The number of sulfonamides is 1. The molecule has 0 unspecified atom stereocenters. The first-order valence-electron chi connectivity index (χ1n) is 9.24. The molecule has 3 aromatic carbocycles. The molecule has 0 radical (unpaired) electrons. The van der Waals surface area contributed by atoms with Gasteiger partial charge >= 0.3 is 0 Å². The highest BCUT2D eigenvalue weighted by atomic mass is 35.5. The van der Waals surface area contributed by atoms with Gasteiger partial charge in [-0.1, -0.05) is 54.1 Å². The van der Waals surface area contributed by atoms with Crippen LogP contribution < -0.4 is 15.8 Å². The Hall–Kier alpha value is -2.71. The van der Waals surface area contributed by atoms with E-state index in [0.717, 1.165) is 11.1 Å². The van der Waals surface area contributed by atoms with Crippen LogP contribution in [0.5, 0.6) is 0 Å². The fourth-order valence-corrected chi connectivity index (χ4v) is 3.63. The fraction of sp³-hybridized carbons (Fsp3) is 0.136. The van der Waals surface area contributed by atoms with E-state index in [1.54, 1.807) is 6.92 Å². The summed E-state index contributed by atoms with van der Waals surface area (Å²) in [5.41, 5.74) is 2.46. The van der Waals surface area contributed by atoms with E-state index in [1.165, 1.54) is 24.3 Å². The normalized spacial score (nSPS) is 13.4. The smallest absolute Gasteiger partial charge is 0.241 e. The summed E-state index contributed by atoms with van der Waals surface area (Å²) < 4.78 is 22.7. The molecule has 0 aliphatic carbocycles. The van der Waals surface area contributed by atoms with Crippen molar-refractivity contribution in [1.82, 2.24) is 5.32 Å². The van der Waals surface area contributed by atoms with Crippen LogP contribution in [0.25, 0.3) is 0 Å². The Morgan fingerprint density at radius 1 is 0.900 bits per heavy atom. The maximum atomic E-state index is 12.7. The van der Waals surface area contributed by atoms with Gasteiger partial charge in [-0.3, -0.25) is 10.1 Å². The third-order valence-corrected chi connectivity index (χ3v) is 5.78. The van der Waals surface area contributed by atoms with Crippen LogP contribution in [0.4, 0.5) is 5.69 Å². The van der Waals surface area contributed by atoms with Gasteiger partial charge in [0.15, 0.2) is 0 Å². The second-order valence-corrected chi connectivity index (χ2v) is 8.84. The van der Waals surface area contributed by atoms with E-state index in [1.807, 2.05) is 54.6 Å². The average Bonchev–Trinajstić information content (AvgIpc) is 2.73. The van der Waals surface area contributed by atoms with Crippen molar-refractivity contribution in [3.05, 3.63) is 95.0 Å². The van der Waals surface area contributed by atoms with Crippen molar-refractivity contribution >= 4 is 33.2 Å². The maximum Gasteiger partial charge on any atom is 0.241 e. The van der Waals surface area contributed by atoms with Gasteiger partial charge in [0.05, 0.1) is 17.0 Å². The number of hydrogen-bond acceptors (Lipinski definition) is 4. The van der Waals surface area contributed by atoms with E-state index >= 15 is 0 Å². The Labute approximate surface area is 181 Å². The van der Waals surface area contributed by atoms with Gasteiger partial charge in [-0.25, -0.2) is 13.6 Å². The molecule has 6 nitrogen and oxygen atoms in total. The molecule has 1 amide bonds. The van der Waals surface area contributed by atoms with Crippen LogP contribution in [0, 0.1) is 0 Å². The predicted octanol–water partition coefficient (Wildman–Crippen LogP) is 3.69. The quantitative estimate of drug-likeness (QED) is 0.518. The van der Waals surface area contributed by atoms with E-state index in [4.69, 9.17) is 16.7 Å². The minimum Gasteiger partial charge on any atom is -0.325 e. The molecule has 0 fully saturated rings. The number of benzene rings is 3. The fourth-order valence-electron chi connectivity index (χ4n) is 2.99. The van der Waals surface area contributed by atoms with Crippen molar-refractivity contribution in [2.45, 2.75) is 23.9 Å². The third kappa shape index (κ3) is 5.67. The Kier molecular flexibility index (Phi) is 6.89. The molecule has 30 heavy (non-hydrogen) atoms. The number of nitrogens with one attached hydrogen (secondary N) is 2. The number of primary sulfonamides is 1. The Bertz CT molecular complexity index is 1100.